The zero-order valence-electron chi connectivity index (χ0n) is 15.3. The van der Waals surface area contributed by atoms with E-state index in [0.29, 0.717) is 10.7 Å². The topological polar surface area (TPSA) is 67.2 Å². The van der Waals surface area contributed by atoms with E-state index in [1.54, 1.807) is 30.8 Å². The van der Waals surface area contributed by atoms with Gasteiger partial charge in [-0.3, -0.25) is 4.79 Å². The van der Waals surface area contributed by atoms with E-state index in [2.05, 4.69) is 20.7 Å². The Hall–Kier alpha value is -1.94. The van der Waals surface area contributed by atoms with Gasteiger partial charge < -0.3 is 0 Å². The number of rotatable bonds is 8. The van der Waals surface area contributed by atoms with Crippen LogP contribution in [0.3, 0.4) is 0 Å². The Morgan fingerprint density at radius 1 is 1.10 bits per heavy atom. The van der Waals surface area contributed by atoms with Gasteiger partial charge in [-0.15, -0.1) is 10.2 Å². The van der Waals surface area contributed by atoms with E-state index in [-0.39, 0.29) is 17.5 Å². The second-order valence-corrected chi connectivity index (χ2v) is 9.64. The van der Waals surface area contributed by atoms with E-state index in [9.17, 15) is 9.18 Å². The lowest BCUT2D eigenvalue weighted by Crippen LogP contribution is -2.21. The van der Waals surface area contributed by atoms with Crippen LogP contribution in [0.1, 0.15) is 18.1 Å². The third-order valence-corrected chi connectivity index (χ3v) is 7.11. The molecule has 0 radical (unpaired) electrons. The molecule has 0 saturated heterocycles. The van der Waals surface area contributed by atoms with Crippen molar-refractivity contribution in [1.29, 1.82) is 0 Å². The Labute approximate surface area is 185 Å². The number of hydrogen-bond acceptors (Lipinski definition) is 7. The molecular formula is C19H16ClFN4OS3. The van der Waals surface area contributed by atoms with Crippen molar-refractivity contribution in [3.8, 4) is 0 Å². The van der Waals surface area contributed by atoms with Crippen molar-refractivity contribution in [3.63, 3.8) is 0 Å². The molecular weight excluding hydrogens is 451 g/mol. The lowest BCUT2D eigenvalue weighted by atomic mass is 10.1. The normalized spacial score (nSPS) is 11.5. The average Bonchev–Trinajstić information content (AvgIpc) is 3.18. The number of amides is 1. The van der Waals surface area contributed by atoms with Crippen LogP contribution in [0.5, 0.6) is 0 Å². The van der Waals surface area contributed by atoms with Gasteiger partial charge in [-0.2, -0.15) is 5.10 Å². The fraction of sp³-hybridized carbons (Fsp3) is 0.158. The molecule has 5 nitrogen and oxygen atoms in total. The predicted octanol–water partition coefficient (Wildman–Crippen LogP) is 5.26. The van der Waals surface area contributed by atoms with Gasteiger partial charge in [-0.25, -0.2) is 9.82 Å². The summed E-state index contributed by atoms with van der Waals surface area (Å²) in [5.41, 5.74) is 4.99. The van der Waals surface area contributed by atoms with E-state index >= 15 is 0 Å². The van der Waals surface area contributed by atoms with Gasteiger partial charge in [-0.05, 0) is 42.3 Å². The molecule has 0 aliphatic carbocycles. The molecule has 0 unspecified atom stereocenters. The maximum atomic E-state index is 12.9. The molecule has 1 amide bonds. The predicted molar refractivity (Wildman–Crippen MR) is 118 cm³/mol. The van der Waals surface area contributed by atoms with Gasteiger partial charge in [0.25, 0.3) is 5.91 Å². The molecule has 1 N–H and O–H groups in total. The van der Waals surface area contributed by atoms with Crippen LogP contribution in [0, 0.1) is 5.82 Å². The smallest absolute Gasteiger partial charge is 0.250 e. The number of carbonyl (C=O) groups is 1. The number of halogens is 2. The van der Waals surface area contributed by atoms with Crippen LogP contribution in [0.4, 0.5) is 4.39 Å². The van der Waals surface area contributed by atoms with Gasteiger partial charge in [0.15, 0.2) is 8.68 Å². The summed E-state index contributed by atoms with van der Waals surface area (Å²) < 4.78 is 14.5. The van der Waals surface area contributed by atoms with Crippen LogP contribution in [0.2, 0.25) is 5.02 Å². The van der Waals surface area contributed by atoms with Crippen molar-refractivity contribution >= 4 is 58.1 Å². The highest BCUT2D eigenvalue weighted by Gasteiger charge is 2.09. The lowest BCUT2D eigenvalue weighted by Gasteiger charge is -2.02. The number of benzene rings is 2. The summed E-state index contributed by atoms with van der Waals surface area (Å²) in [5.74, 6) is 0.386. The fourth-order valence-electron chi connectivity index (χ4n) is 2.10. The number of hydrogen-bond donors (Lipinski definition) is 1. The number of carbonyl (C=O) groups excluding carboxylic acids is 1. The van der Waals surface area contributed by atoms with Crippen LogP contribution >= 0.6 is 46.5 Å². The second-order valence-electron chi connectivity index (χ2n) is 5.78. The minimum atomic E-state index is -0.315. The maximum Gasteiger partial charge on any atom is 0.250 e. The lowest BCUT2D eigenvalue weighted by molar-refractivity contribution is -0.118. The van der Waals surface area contributed by atoms with Crippen molar-refractivity contribution < 1.29 is 9.18 Å². The highest BCUT2D eigenvalue weighted by Crippen LogP contribution is 2.30. The SMILES string of the molecule is C/C(=N\NC(=O)CSc1nnc(SCc2ccc(Cl)cc2)s1)c1ccc(F)cc1. The van der Waals surface area contributed by atoms with E-state index < -0.39 is 0 Å². The fourth-order valence-corrected chi connectivity index (χ4v) is 5.00. The van der Waals surface area contributed by atoms with Crippen LogP contribution in [0.25, 0.3) is 0 Å². The Balaban J connectivity index is 1.43. The zero-order chi connectivity index (χ0) is 20.6. The molecule has 0 spiro atoms. The summed E-state index contributed by atoms with van der Waals surface area (Å²) in [5, 5.41) is 13.0. The van der Waals surface area contributed by atoms with Gasteiger partial charge in [0.2, 0.25) is 0 Å². The molecule has 1 aromatic heterocycles. The minimum Gasteiger partial charge on any atom is -0.272 e. The van der Waals surface area contributed by atoms with Crippen molar-refractivity contribution in [2.45, 2.75) is 21.4 Å². The largest absolute Gasteiger partial charge is 0.272 e. The first-order valence-electron chi connectivity index (χ1n) is 8.42. The number of aromatic nitrogens is 2. The Bertz CT molecular complexity index is 993. The Kier molecular flexibility index (Phi) is 8.05. The van der Waals surface area contributed by atoms with Crippen molar-refractivity contribution in [1.82, 2.24) is 15.6 Å². The maximum absolute atomic E-state index is 12.9. The van der Waals surface area contributed by atoms with E-state index in [0.717, 1.165) is 25.6 Å². The second kappa shape index (κ2) is 10.7. The molecule has 150 valence electrons. The van der Waals surface area contributed by atoms with E-state index in [1.807, 2.05) is 24.3 Å². The highest BCUT2D eigenvalue weighted by atomic mass is 35.5. The average molecular weight is 467 g/mol. The van der Waals surface area contributed by atoms with E-state index in [4.69, 9.17) is 11.6 Å². The minimum absolute atomic E-state index is 0.177. The van der Waals surface area contributed by atoms with Crippen LogP contribution in [-0.4, -0.2) is 27.6 Å². The molecule has 0 aliphatic heterocycles. The first-order chi connectivity index (χ1) is 14.0. The molecule has 3 aromatic rings. The summed E-state index contributed by atoms with van der Waals surface area (Å²) in [7, 11) is 0. The van der Waals surface area contributed by atoms with Crippen molar-refractivity contribution in [2.24, 2.45) is 5.10 Å². The summed E-state index contributed by atoms with van der Waals surface area (Å²) >= 11 is 10.2. The van der Waals surface area contributed by atoms with Gasteiger partial charge in [0, 0.05) is 10.8 Å². The number of thioether (sulfide) groups is 2. The standard InChI is InChI=1S/C19H16ClFN4OS3/c1-12(14-4-8-16(21)9-5-14)22-23-17(26)11-28-19-25-24-18(29-19)27-10-13-2-6-15(20)7-3-13/h2-9H,10-11H2,1H3,(H,23,26)/b22-12+. The van der Waals surface area contributed by atoms with Crippen LogP contribution in [0.15, 0.2) is 62.3 Å². The highest BCUT2D eigenvalue weighted by molar-refractivity contribution is 8.03. The molecule has 3 rings (SSSR count). The Morgan fingerprint density at radius 2 is 1.76 bits per heavy atom. The summed E-state index contributed by atoms with van der Waals surface area (Å²) in [6.07, 6.45) is 0. The van der Waals surface area contributed by atoms with Gasteiger partial charge in [0.05, 0.1) is 11.5 Å². The third kappa shape index (κ3) is 7.11. The van der Waals surface area contributed by atoms with Crippen LogP contribution in [-0.2, 0) is 10.5 Å². The molecule has 2 aromatic carbocycles. The molecule has 0 bridgehead atoms. The first-order valence-corrected chi connectivity index (χ1v) is 11.6. The third-order valence-electron chi connectivity index (χ3n) is 3.60. The van der Waals surface area contributed by atoms with Gasteiger partial charge >= 0.3 is 0 Å². The molecule has 10 heteroatoms. The van der Waals surface area contributed by atoms with Crippen molar-refractivity contribution in [2.75, 3.05) is 5.75 Å². The number of hydrazone groups is 1. The zero-order valence-corrected chi connectivity index (χ0v) is 18.5. The molecule has 0 fully saturated rings. The van der Waals surface area contributed by atoms with Crippen molar-refractivity contribution in [3.05, 3.63) is 70.5 Å². The monoisotopic (exact) mass is 466 g/mol. The van der Waals surface area contributed by atoms with Gasteiger partial charge in [-0.1, -0.05) is 70.7 Å². The number of nitrogens with one attached hydrogen (secondary N) is 1. The summed E-state index contributed by atoms with van der Waals surface area (Å²) in [6.45, 7) is 1.75. The summed E-state index contributed by atoms with van der Waals surface area (Å²) in [4.78, 5) is 12.0. The summed E-state index contributed by atoms with van der Waals surface area (Å²) in [6, 6.07) is 13.6. The number of nitrogens with zero attached hydrogens (tertiary/aromatic N) is 3. The molecule has 0 saturated carbocycles. The molecule has 0 atom stereocenters. The van der Waals surface area contributed by atoms with Gasteiger partial charge in [0.1, 0.15) is 5.82 Å². The quantitative estimate of drug-likeness (QED) is 0.279. The molecule has 29 heavy (non-hydrogen) atoms. The Morgan fingerprint density at radius 3 is 2.45 bits per heavy atom. The first kappa shape index (κ1) is 21.8. The van der Waals surface area contributed by atoms with E-state index in [1.165, 1.54) is 35.2 Å². The van der Waals surface area contributed by atoms with Crippen LogP contribution < -0.4 is 5.43 Å². The molecule has 1 heterocycles. The molecule has 0 aliphatic rings.